The molecule has 2 heterocycles. The van der Waals surface area contributed by atoms with Crippen molar-refractivity contribution in [2.24, 2.45) is 5.41 Å². The van der Waals surface area contributed by atoms with Crippen molar-refractivity contribution in [3.8, 4) is 0 Å². The largest absolute Gasteiger partial charge is 0.342 e. The van der Waals surface area contributed by atoms with Crippen molar-refractivity contribution in [2.75, 3.05) is 26.2 Å². The van der Waals surface area contributed by atoms with Gasteiger partial charge in [0.05, 0.1) is 6.42 Å². The maximum absolute atomic E-state index is 12.8. The standard InChI is InChI=1S/C15H19FN2O/c16-13-3-1-12(2-4-13)9-14(19)18-8-6-15(11-18)5-7-17-10-15/h1-4,17H,5-11H2. The maximum atomic E-state index is 12.8. The van der Waals surface area contributed by atoms with Gasteiger partial charge >= 0.3 is 0 Å². The van der Waals surface area contributed by atoms with Gasteiger partial charge in [0.2, 0.25) is 5.91 Å². The summed E-state index contributed by atoms with van der Waals surface area (Å²) in [4.78, 5) is 14.2. The molecule has 2 aliphatic heterocycles. The second-order valence-corrected chi connectivity index (χ2v) is 5.80. The lowest BCUT2D eigenvalue weighted by Gasteiger charge is -2.22. The number of hydrogen-bond donors (Lipinski definition) is 1. The molecule has 3 rings (SSSR count). The smallest absolute Gasteiger partial charge is 0.227 e. The minimum atomic E-state index is -0.256. The zero-order chi connectivity index (χ0) is 13.3. The lowest BCUT2D eigenvalue weighted by Crippen LogP contribution is -2.34. The molecule has 3 nitrogen and oxygen atoms in total. The highest BCUT2D eigenvalue weighted by molar-refractivity contribution is 5.79. The average Bonchev–Trinajstić information content (AvgIpc) is 3.03. The van der Waals surface area contributed by atoms with Gasteiger partial charge in [-0.3, -0.25) is 4.79 Å². The first-order chi connectivity index (χ1) is 9.17. The van der Waals surface area contributed by atoms with E-state index >= 15 is 0 Å². The van der Waals surface area contributed by atoms with E-state index in [1.165, 1.54) is 18.6 Å². The Kier molecular flexibility index (Phi) is 3.27. The molecular weight excluding hydrogens is 243 g/mol. The Morgan fingerprint density at radius 1 is 1.32 bits per heavy atom. The zero-order valence-corrected chi connectivity index (χ0v) is 11.0. The van der Waals surface area contributed by atoms with Crippen LogP contribution in [0, 0.1) is 11.2 Å². The molecule has 1 unspecified atom stereocenters. The van der Waals surface area contributed by atoms with Crippen molar-refractivity contribution < 1.29 is 9.18 Å². The summed E-state index contributed by atoms with van der Waals surface area (Å²) in [5.41, 5.74) is 1.20. The van der Waals surface area contributed by atoms with Gasteiger partial charge in [-0.25, -0.2) is 4.39 Å². The molecule has 0 aromatic heterocycles. The van der Waals surface area contributed by atoms with Gasteiger partial charge in [-0.15, -0.1) is 0 Å². The second-order valence-electron chi connectivity index (χ2n) is 5.80. The predicted octanol–water partition coefficient (Wildman–Crippen LogP) is 1.58. The Labute approximate surface area is 112 Å². The molecule has 0 bridgehead atoms. The first-order valence-corrected chi connectivity index (χ1v) is 6.90. The van der Waals surface area contributed by atoms with Crippen molar-refractivity contribution in [3.63, 3.8) is 0 Å². The Hall–Kier alpha value is -1.42. The van der Waals surface area contributed by atoms with E-state index in [4.69, 9.17) is 0 Å². The van der Waals surface area contributed by atoms with E-state index in [-0.39, 0.29) is 11.7 Å². The number of hydrogen-bond acceptors (Lipinski definition) is 2. The lowest BCUT2D eigenvalue weighted by molar-refractivity contribution is -0.129. The van der Waals surface area contributed by atoms with Crippen LogP contribution < -0.4 is 5.32 Å². The highest BCUT2D eigenvalue weighted by atomic mass is 19.1. The fourth-order valence-electron chi connectivity index (χ4n) is 3.18. The van der Waals surface area contributed by atoms with Crippen LogP contribution in [-0.4, -0.2) is 37.0 Å². The quantitative estimate of drug-likeness (QED) is 0.877. The van der Waals surface area contributed by atoms with Crippen molar-refractivity contribution >= 4 is 5.91 Å². The Morgan fingerprint density at radius 3 is 2.79 bits per heavy atom. The lowest BCUT2D eigenvalue weighted by atomic mass is 9.86. The van der Waals surface area contributed by atoms with Gasteiger partial charge in [-0.05, 0) is 37.1 Å². The average molecular weight is 262 g/mol. The summed E-state index contributed by atoms with van der Waals surface area (Å²) in [5.74, 6) is -0.0938. The number of carbonyl (C=O) groups is 1. The molecule has 4 heteroatoms. The fraction of sp³-hybridized carbons (Fsp3) is 0.533. The van der Waals surface area contributed by atoms with Gasteiger partial charge in [0.1, 0.15) is 5.82 Å². The van der Waals surface area contributed by atoms with E-state index in [0.717, 1.165) is 38.2 Å². The molecule has 1 aromatic carbocycles. The first-order valence-electron chi connectivity index (χ1n) is 6.90. The van der Waals surface area contributed by atoms with Gasteiger partial charge in [0.15, 0.2) is 0 Å². The van der Waals surface area contributed by atoms with Gasteiger partial charge in [0.25, 0.3) is 0 Å². The SMILES string of the molecule is O=C(Cc1ccc(F)cc1)N1CCC2(CCNC2)C1. The molecule has 2 saturated heterocycles. The van der Waals surface area contributed by atoms with Gasteiger partial charge in [-0.1, -0.05) is 12.1 Å². The zero-order valence-electron chi connectivity index (χ0n) is 11.0. The number of carbonyl (C=O) groups excluding carboxylic acids is 1. The summed E-state index contributed by atoms with van der Waals surface area (Å²) in [7, 11) is 0. The van der Waals surface area contributed by atoms with E-state index in [0.29, 0.717) is 11.8 Å². The molecule has 0 saturated carbocycles. The van der Waals surface area contributed by atoms with Crippen LogP contribution in [0.2, 0.25) is 0 Å². The van der Waals surface area contributed by atoms with E-state index in [1.807, 2.05) is 4.90 Å². The highest BCUT2D eigenvalue weighted by Gasteiger charge is 2.41. The van der Waals surface area contributed by atoms with Crippen LogP contribution in [0.1, 0.15) is 18.4 Å². The molecule has 0 aliphatic carbocycles. The Morgan fingerprint density at radius 2 is 2.11 bits per heavy atom. The van der Waals surface area contributed by atoms with Gasteiger partial charge in [0, 0.05) is 25.0 Å². The summed E-state index contributed by atoms with van der Waals surface area (Å²) in [6, 6.07) is 6.20. The molecule has 2 aliphatic rings. The van der Waals surface area contributed by atoms with Crippen LogP contribution in [0.4, 0.5) is 4.39 Å². The third-order valence-electron chi connectivity index (χ3n) is 4.39. The number of halogens is 1. The topological polar surface area (TPSA) is 32.3 Å². The number of likely N-dealkylation sites (tertiary alicyclic amines) is 1. The number of rotatable bonds is 2. The van der Waals surface area contributed by atoms with Crippen molar-refractivity contribution in [1.82, 2.24) is 10.2 Å². The van der Waals surface area contributed by atoms with E-state index in [1.54, 1.807) is 12.1 Å². The van der Waals surface area contributed by atoms with Crippen LogP contribution in [-0.2, 0) is 11.2 Å². The second kappa shape index (κ2) is 4.93. The maximum Gasteiger partial charge on any atom is 0.227 e. The van der Waals surface area contributed by atoms with Gasteiger partial charge in [-0.2, -0.15) is 0 Å². The molecular formula is C15H19FN2O. The molecule has 2 fully saturated rings. The van der Waals surface area contributed by atoms with Crippen LogP contribution in [0.3, 0.4) is 0 Å². The van der Waals surface area contributed by atoms with Crippen molar-refractivity contribution in [3.05, 3.63) is 35.6 Å². The minimum absolute atomic E-state index is 0.162. The number of amides is 1. The van der Waals surface area contributed by atoms with Crippen molar-refractivity contribution in [2.45, 2.75) is 19.3 Å². The predicted molar refractivity (Wildman–Crippen MR) is 71.2 cm³/mol. The molecule has 1 spiro atoms. The minimum Gasteiger partial charge on any atom is -0.342 e. The van der Waals surface area contributed by atoms with E-state index in [9.17, 15) is 9.18 Å². The number of nitrogens with zero attached hydrogens (tertiary/aromatic N) is 1. The van der Waals surface area contributed by atoms with Crippen LogP contribution in [0.5, 0.6) is 0 Å². The van der Waals surface area contributed by atoms with E-state index < -0.39 is 0 Å². The monoisotopic (exact) mass is 262 g/mol. The molecule has 102 valence electrons. The van der Waals surface area contributed by atoms with E-state index in [2.05, 4.69) is 5.32 Å². The summed E-state index contributed by atoms with van der Waals surface area (Å²) in [6.07, 6.45) is 2.66. The summed E-state index contributed by atoms with van der Waals surface area (Å²) < 4.78 is 12.8. The molecule has 0 radical (unpaired) electrons. The summed E-state index contributed by atoms with van der Waals surface area (Å²) in [6.45, 7) is 3.84. The fourth-order valence-corrected chi connectivity index (χ4v) is 3.18. The summed E-state index contributed by atoms with van der Waals surface area (Å²) >= 11 is 0. The Balaban J connectivity index is 1.61. The van der Waals surface area contributed by atoms with Crippen LogP contribution >= 0.6 is 0 Å². The third-order valence-corrected chi connectivity index (χ3v) is 4.39. The van der Waals surface area contributed by atoms with Gasteiger partial charge < -0.3 is 10.2 Å². The first kappa shape index (κ1) is 12.6. The number of nitrogens with one attached hydrogen (secondary N) is 1. The van der Waals surface area contributed by atoms with Crippen LogP contribution in [0.15, 0.2) is 24.3 Å². The number of benzene rings is 1. The van der Waals surface area contributed by atoms with Crippen LogP contribution in [0.25, 0.3) is 0 Å². The molecule has 1 aromatic rings. The summed E-state index contributed by atoms with van der Waals surface area (Å²) in [5, 5.41) is 3.39. The molecule has 1 amide bonds. The normalized spacial score (nSPS) is 26.3. The molecule has 1 atom stereocenters. The third kappa shape index (κ3) is 2.63. The Bertz CT molecular complexity index is 466. The molecule has 19 heavy (non-hydrogen) atoms. The molecule has 1 N–H and O–H groups in total. The van der Waals surface area contributed by atoms with Crippen molar-refractivity contribution in [1.29, 1.82) is 0 Å². The highest BCUT2D eigenvalue weighted by Crippen LogP contribution is 2.36.